The number of hydrogen-bond donors (Lipinski definition) is 2. The highest BCUT2D eigenvalue weighted by Gasteiger charge is 2.20. The van der Waals surface area contributed by atoms with Gasteiger partial charge < -0.3 is 15.0 Å². The van der Waals surface area contributed by atoms with Gasteiger partial charge in [0.05, 0.1) is 6.61 Å². The lowest BCUT2D eigenvalue weighted by molar-refractivity contribution is 0.193. The second-order valence-electron chi connectivity index (χ2n) is 4.88. The van der Waals surface area contributed by atoms with Gasteiger partial charge in [0.2, 0.25) is 0 Å². The van der Waals surface area contributed by atoms with Gasteiger partial charge in [-0.15, -0.1) is 0 Å². The van der Waals surface area contributed by atoms with Crippen molar-refractivity contribution >= 4 is 0 Å². The standard InChI is InChI=1S/C12H21N3O/c1-9(2)5-13-6-11-7-14-12(15-11)10-3-4-16-8-10/h7,9-10,13H,3-6,8H2,1-2H3,(H,14,15). The Bertz CT molecular complexity index is 316. The number of imidazole rings is 1. The Hall–Kier alpha value is -0.870. The van der Waals surface area contributed by atoms with Crippen LogP contribution < -0.4 is 5.32 Å². The summed E-state index contributed by atoms with van der Waals surface area (Å²) in [7, 11) is 0. The van der Waals surface area contributed by atoms with E-state index in [0.717, 1.165) is 38.5 Å². The van der Waals surface area contributed by atoms with Gasteiger partial charge >= 0.3 is 0 Å². The Kier molecular flexibility index (Phi) is 3.96. The molecule has 1 saturated heterocycles. The van der Waals surface area contributed by atoms with Gasteiger partial charge in [-0.05, 0) is 18.9 Å². The minimum absolute atomic E-state index is 0.471. The zero-order valence-electron chi connectivity index (χ0n) is 10.1. The maximum atomic E-state index is 5.36. The van der Waals surface area contributed by atoms with E-state index >= 15 is 0 Å². The van der Waals surface area contributed by atoms with Crippen molar-refractivity contribution in [1.82, 2.24) is 15.3 Å². The van der Waals surface area contributed by atoms with Crippen LogP contribution in [0.1, 0.15) is 37.7 Å². The number of rotatable bonds is 5. The molecule has 0 amide bonds. The molecule has 1 fully saturated rings. The first-order chi connectivity index (χ1) is 7.75. The summed E-state index contributed by atoms with van der Waals surface area (Å²) in [6, 6.07) is 0. The van der Waals surface area contributed by atoms with Crippen LogP contribution >= 0.6 is 0 Å². The molecule has 0 bridgehead atoms. The maximum Gasteiger partial charge on any atom is 0.111 e. The van der Waals surface area contributed by atoms with Crippen LogP contribution in [0.3, 0.4) is 0 Å². The van der Waals surface area contributed by atoms with E-state index in [9.17, 15) is 0 Å². The third-order valence-corrected chi connectivity index (χ3v) is 2.83. The Morgan fingerprint density at radius 1 is 1.62 bits per heavy atom. The van der Waals surface area contributed by atoms with Gasteiger partial charge in [-0.25, -0.2) is 4.98 Å². The quantitative estimate of drug-likeness (QED) is 0.798. The van der Waals surface area contributed by atoms with Crippen LogP contribution in [0.25, 0.3) is 0 Å². The van der Waals surface area contributed by atoms with Crippen LogP contribution in [-0.4, -0.2) is 29.7 Å². The first kappa shape index (κ1) is 11.6. The molecule has 1 aliphatic rings. The molecule has 0 spiro atoms. The van der Waals surface area contributed by atoms with Gasteiger partial charge in [-0.2, -0.15) is 0 Å². The number of aromatic nitrogens is 2. The predicted molar refractivity (Wildman–Crippen MR) is 63.3 cm³/mol. The lowest BCUT2D eigenvalue weighted by atomic mass is 10.1. The molecule has 0 aromatic carbocycles. The Labute approximate surface area is 96.8 Å². The van der Waals surface area contributed by atoms with E-state index in [1.165, 1.54) is 5.69 Å². The molecule has 1 aliphatic heterocycles. The third-order valence-electron chi connectivity index (χ3n) is 2.83. The summed E-state index contributed by atoms with van der Waals surface area (Å²) >= 11 is 0. The largest absolute Gasteiger partial charge is 0.381 e. The van der Waals surface area contributed by atoms with Crippen molar-refractivity contribution < 1.29 is 4.74 Å². The second-order valence-corrected chi connectivity index (χ2v) is 4.88. The first-order valence-electron chi connectivity index (χ1n) is 6.08. The number of nitrogens with one attached hydrogen (secondary N) is 2. The van der Waals surface area contributed by atoms with Crippen LogP contribution in [0.4, 0.5) is 0 Å². The molecular weight excluding hydrogens is 202 g/mol. The van der Waals surface area contributed by atoms with E-state index in [1.54, 1.807) is 0 Å². The van der Waals surface area contributed by atoms with Gasteiger partial charge in [-0.3, -0.25) is 0 Å². The average Bonchev–Trinajstić information content (AvgIpc) is 2.85. The van der Waals surface area contributed by atoms with Gasteiger partial charge in [0.15, 0.2) is 0 Å². The number of hydrogen-bond acceptors (Lipinski definition) is 3. The SMILES string of the molecule is CC(C)CNCc1cnc(C2CCOC2)[nH]1. The zero-order valence-corrected chi connectivity index (χ0v) is 10.1. The summed E-state index contributed by atoms with van der Waals surface area (Å²) in [5, 5.41) is 3.40. The molecule has 1 aromatic heterocycles. The first-order valence-corrected chi connectivity index (χ1v) is 6.08. The summed E-state index contributed by atoms with van der Waals surface area (Å²) in [6.07, 6.45) is 3.02. The van der Waals surface area contributed by atoms with Crippen LogP contribution in [0.2, 0.25) is 0 Å². The van der Waals surface area contributed by atoms with E-state index in [2.05, 4.69) is 29.1 Å². The van der Waals surface area contributed by atoms with Gasteiger partial charge in [-0.1, -0.05) is 13.8 Å². The molecule has 16 heavy (non-hydrogen) atoms. The van der Waals surface area contributed by atoms with E-state index < -0.39 is 0 Å². The normalized spacial score (nSPS) is 20.8. The number of ether oxygens (including phenoxy) is 1. The molecule has 1 atom stereocenters. The monoisotopic (exact) mass is 223 g/mol. The van der Waals surface area contributed by atoms with Crippen molar-refractivity contribution in [1.29, 1.82) is 0 Å². The lowest BCUT2D eigenvalue weighted by Gasteiger charge is -2.06. The molecule has 0 aliphatic carbocycles. The maximum absolute atomic E-state index is 5.36. The van der Waals surface area contributed by atoms with Crippen LogP contribution in [0.5, 0.6) is 0 Å². The van der Waals surface area contributed by atoms with Crippen LogP contribution in [0, 0.1) is 5.92 Å². The minimum atomic E-state index is 0.471. The molecule has 0 radical (unpaired) electrons. The number of H-pyrrole nitrogens is 1. The molecule has 1 aromatic rings. The van der Waals surface area contributed by atoms with Crippen molar-refractivity contribution in [2.45, 2.75) is 32.7 Å². The van der Waals surface area contributed by atoms with Crippen molar-refractivity contribution in [3.8, 4) is 0 Å². The highest BCUT2D eigenvalue weighted by Crippen LogP contribution is 2.22. The molecule has 2 rings (SSSR count). The van der Waals surface area contributed by atoms with Crippen LogP contribution in [-0.2, 0) is 11.3 Å². The molecule has 4 nitrogen and oxygen atoms in total. The smallest absolute Gasteiger partial charge is 0.111 e. The van der Waals surface area contributed by atoms with E-state index in [4.69, 9.17) is 4.74 Å². The van der Waals surface area contributed by atoms with Crippen LogP contribution in [0.15, 0.2) is 6.20 Å². The zero-order chi connectivity index (χ0) is 11.4. The predicted octanol–water partition coefficient (Wildman–Crippen LogP) is 1.66. The topological polar surface area (TPSA) is 49.9 Å². The highest BCUT2D eigenvalue weighted by atomic mass is 16.5. The molecule has 90 valence electrons. The second kappa shape index (κ2) is 5.46. The fraction of sp³-hybridized carbons (Fsp3) is 0.750. The lowest BCUT2D eigenvalue weighted by Crippen LogP contribution is -2.19. The number of nitrogens with zero attached hydrogens (tertiary/aromatic N) is 1. The molecule has 0 saturated carbocycles. The fourth-order valence-electron chi connectivity index (χ4n) is 1.92. The molecular formula is C12H21N3O. The van der Waals surface area contributed by atoms with Crippen molar-refractivity contribution in [3.63, 3.8) is 0 Å². The van der Waals surface area contributed by atoms with Gasteiger partial charge in [0, 0.05) is 31.0 Å². The molecule has 2 N–H and O–H groups in total. The van der Waals surface area contributed by atoms with E-state index in [1.807, 2.05) is 6.20 Å². The highest BCUT2D eigenvalue weighted by molar-refractivity contribution is 5.06. The summed E-state index contributed by atoms with van der Waals surface area (Å²) < 4.78 is 5.36. The summed E-state index contributed by atoms with van der Waals surface area (Å²) in [4.78, 5) is 7.80. The van der Waals surface area contributed by atoms with Crippen molar-refractivity contribution in [2.75, 3.05) is 19.8 Å². The molecule has 1 unspecified atom stereocenters. The van der Waals surface area contributed by atoms with Gasteiger partial charge in [0.25, 0.3) is 0 Å². The summed E-state index contributed by atoms with van der Waals surface area (Å²) in [6.45, 7) is 8.01. The van der Waals surface area contributed by atoms with Crippen molar-refractivity contribution in [3.05, 3.63) is 17.7 Å². The number of aromatic amines is 1. The minimum Gasteiger partial charge on any atom is -0.381 e. The average molecular weight is 223 g/mol. The van der Waals surface area contributed by atoms with Crippen molar-refractivity contribution in [2.24, 2.45) is 5.92 Å². The Morgan fingerprint density at radius 3 is 3.19 bits per heavy atom. The summed E-state index contributed by atoms with van der Waals surface area (Å²) in [5.41, 5.74) is 1.17. The Balaban J connectivity index is 1.82. The van der Waals surface area contributed by atoms with Gasteiger partial charge in [0.1, 0.15) is 5.82 Å². The van der Waals surface area contributed by atoms with E-state index in [-0.39, 0.29) is 0 Å². The Morgan fingerprint density at radius 2 is 2.50 bits per heavy atom. The molecule has 2 heterocycles. The van der Waals surface area contributed by atoms with E-state index in [0.29, 0.717) is 11.8 Å². The fourth-order valence-corrected chi connectivity index (χ4v) is 1.92. The third kappa shape index (κ3) is 3.06. The molecule has 4 heteroatoms. The summed E-state index contributed by atoms with van der Waals surface area (Å²) in [5.74, 6) is 2.24.